The maximum absolute atomic E-state index is 14.9. The predicted octanol–water partition coefficient (Wildman–Crippen LogP) is 3.70. The van der Waals surface area contributed by atoms with Crippen LogP contribution < -0.4 is 14.8 Å². The van der Waals surface area contributed by atoms with Gasteiger partial charge >= 0.3 is 0 Å². The van der Waals surface area contributed by atoms with Crippen LogP contribution in [0.1, 0.15) is 49.7 Å². The zero-order valence-corrected chi connectivity index (χ0v) is 26.9. The van der Waals surface area contributed by atoms with Crippen molar-refractivity contribution >= 4 is 34.4 Å². The van der Waals surface area contributed by atoms with Gasteiger partial charge in [-0.15, -0.1) is 0 Å². The number of aliphatic hydroxyl groups excluding tert-OH is 3. The second-order valence-corrected chi connectivity index (χ2v) is 13.2. The van der Waals surface area contributed by atoms with Gasteiger partial charge in [0.25, 0.3) is 0 Å². The number of hydrogen-bond acceptors (Lipinski definition) is 7. The van der Waals surface area contributed by atoms with E-state index in [1.807, 2.05) is 0 Å². The normalized spacial score (nSPS) is 25.8. The molecule has 9 nitrogen and oxygen atoms in total. The minimum Gasteiger partial charge on any atom is -0.493 e. The van der Waals surface area contributed by atoms with Gasteiger partial charge in [0.2, 0.25) is 11.8 Å². The van der Waals surface area contributed by atoms with Crippen LogP contribution in [0.25, 0.3) is 0 Å². The van der Waals surface area contributed by atoms with Crippen LogP contribution in [0.4, 0.5) is 4.39 Å². The molecule has 0 spiro atoms. The van der Waals surface area contributed by atoms with Gasteiger partial charge in [-0.3, -0.25) is 9.59 Å². The van der Waals surface area contributed by atoms with E-state index < -0.39 is 30.0 Å². The molecule has 2 bridgehead atoms. The molecule has 0 heterocycles. The number of ether oxygens (including phenoxy) is 2. The summed E-state index contributed by atoms with van der Waals surface area (Å²) in [4.78, 5) is 28.9. The smallest absolute Gasteiger partial charge is 0.247 e. The zero-order valence-electron chi connectivity index (χ0n) is 24.8. The summed E-state index contributed by atoms with van der Waals surface area (Å²) in [5, 5.41) is 33.5. The van der Waals surface area contributed by atoms with Gasteiger partial charge in [0.15, 0.2) is 11.5 Å². The number of benzene rings is 2. The van der Waals surface area contributed by atoms with Crippen molar-refractivity contribution in [1.82, 2.24) is 10.2 Å². The predicted molar refractivity (Wildman–Crippen MR) is 169 cm³/mol. The Morgan fingerprint density at radius 2 is 1.95 bits per heavy atom. The summed E-state index contributed by atoms with van der Waals surface area (Å²) in [6.07, 6.45) is 3.98. The van der Waals surface area contributed by atoms with E-state index in [1.54, 1.807) is 30.3 Å². The first-order valence-corrected chi connectivity index (χ1v) is 16.2. The lowest BCUT2D eigenvalue weighted by Crippen LogP contribution is -2.55. The van der Waals surface area contributed by atoms with Gasteiger partial charge in [0, 0.05) is 37.1 Å². The number of hydrogen-bond donors (Lipinski definition) is 4. The Bertz CT molecular complexity index is 1390. The van der Waals surface area contributed by atoms with E-state index >= 15 is 0 Å². The van der Waals surface area contributed by atoms with Crippen LogP contribution in [-0.4, -0.2) is 70.5 Å². The van der Waals surface area contributed by atoms with Crippen LogP contribution in [0.5, 0.6) is 11.5 Å². The first-order valence-electron chi connectivity index (χ1n) is 15.2. The Labute approximate surface area is 270 Å². The van der Waals surface area contributed by atoms with Crippen LogP contribution >= 0.6 is 22.6 Å². The van der Waals surface area contributed by atoms with Crippen LogP contribution in [0, 0.1) is 27.1 Å². The molecule has 11 heteroatoms. The van der Waals surface area contributed by atoms with Crippen LogP contribution in [0.2, 0.25) is 0 Å². The molecule has 2 aromatic carbocycles. The van der Waals surface area contributed by atoms with Crippen molar-refractivity contribution in [2.24, 2.45) is 17.8 Å². The number of carbonyl (C=O) groups is 2. The highest BCUT2D eigenvalue weighted by Gasteiger charge is 2.44. The standard InChI is InChI=1S/C33H40FIN2O7/c1-43-29-13-20(18-39)12-26(35)32(29)44-28-15-24(33(42)36-8-9-38)14-27(31(28)41)37(17-22-4-2-3-5-25(22)34)30(40)16-23-11-19-6-7-21(23)10-19/h2-5,12-13,15,19,21,23,27-28,31,38-39,41H,6-11,14,16-18H2,1H3,(H,36,42). The summed E-state index contributed by atoms with van der Waals surface area (Å²) in [5.41, 5.74) is 1.21. The summed E-state index contributed by atoms with van der Waals surface area (Å²) in [7, 11) is 1.47. The van der Waals surface area contributed by atoms with E-state index in [1.165, 1.54) is 30.6 Å². The topological polar surface area (TPSA) is 129 Å². The molecular weight excluding hydrogens is 682 g/mol. The monoisotopic (exact) mass is 722 g/mol. The second-order valence-electron chi connectivity index (χ2n) is 12.0. The maximum Gasteiger partial charge on any atom is 0.247 e. The Hall–Kier alpha value is -2.74. The summed E-state index contributed by atoms with van der Waals surface area (Å²) < 4.78 is 27.4. The van der Waals surface area contributed by atoms with Crippen molar-refractivity contribution in [3.8, 4) is 11.5 Å². The number of amides is 2. The first kappa shape index (κ1) is 32.6. The van der Waals surface area contributed by atoms with E-state index in [4.69, 9.17) is 9.47 Å². The molecule has 0 radical (unpaired) electrons. The maximum atomic E-state index is 14.9. The van der Waals surface area contributed by atoms with Crippen LogP contribution in [0.15, 0.2) is 48.0 Å². The van der Waals surface area contributed by atoms with Crippen molar-refractivity contribution in [3.63, 3.8) is 0 Å². The first-order chi connectivity index (χ1) is 21.2. The third-order valence-corrected chi connectivity index (χ3v) is 10.1. The lowest BCUT2D eigenvalue weighted by atomic mass is 9.84. The third kappa shape index (κ3) is 7.21. The molecule has 0 aromatic heterocycles. The average Bonchev–Trinajstić information content (AvgIpc) is 3.65. The van der Waals surface area contributed by atoms with Gasteiger partial charge < -0.3 is 35.0 Å². The van der Waals surface area contributed by atoms with E-state index in [0.29, 0.717) is 44.5 Å². The zero-order chi connectivity index (χ0) is 31.4. The van der Waals surface area contributed by atoms with Gasteiger partial charge in [-0.1, -0.05) is 24.6 Å². The molecule has 2 aromatic rings. The van der Waals surface area contributed by atoms with Gasteiger partial charge in [0.1, 0.15) is 18.0 Å². The van der Waals surface area contributed by atoms with Crippen LogP contribution in [0.3, 0.4) is 0 Å². The molecule has 0 saturated heterocycles. The van der Waals surface area contributed by atoms with Gasteiger partial charge in [0.05, 0.1) is 29.9 Å². The van der Waals surface area contributed by atoms with E-state index in [9.17, 15) is 29.3 Å². The molecular formula is C33H40FIN2O7. The molecule has 2 fully saturated rings. The highest BCUT2D eigenvalue weighted by Crippen LogP contribution is 2.50. The minimum atomic E-state index is -1.27. The fourth-order valence-electron chi connectivity index (χ4n) is 7.06. The summed E-state index contributed by atoms with van der Waals surface area (Å²) in [6.45, 7) is -0.492. The molecule has 44 heavy (non-hydrogen) atoms. The third-order valence-electron chi connectivity index (χ3n) is 9.28. The molecule has 2 saturated carbocycles. The average molecular weight is 723 g/mol. The van der Waals surface area contributed by atoms with E-state index in [0.717, 1.165) is 19.3 Å². The Balaban J connectivity index is 1.49. The largest absolute Gasteiger partial charge is 0.493 e. The fourth-order valence-corrected chi connectivity index (χ4v) is 7.86. The number of nitrogens with one attached hydrogen (secondary N) is 1. The number of carbonyl (C=O) groups excluding carboxylic acids is 2. The van der Waals surface area contributed by atoms with Crippen molar-refractivity contribution < 1.29 is 38.8 Å². The van der Waals surface area contributed by atoms with Crippen molar-refractivity contribution in [1.29, 1.82) is 0 Å². The molecule has 0 aliphatic heterocycles. The van der Waals surface area contributed by atoms with Gasteiger partial charge in [-0.05, 0) is 89.4 Å². The lowest BCUT2D eigenvalue weighted by molar-refractivity contribution is -0.141. The summed E-state index contributed by atoms with van der Waals surface area (Å²) in [5.74, 6) is 0.955. The van der Waals surface area contributed by atoms with E-state index in [2.05, 4.69) is 27.9 Å². The van der Waals surface area contributed by atoms with Crippen molar-refractivity contribution in [3.05, 3.63) is 68.6 Å². The molecule has 5 rings (SSSR count). The second kappa shape index (κ2) is 14.6. The van der Waals surface area contributed by atoms with Crippen molar-refractivity contribution in [2.75, 3.05) is 20.3 Å². The number of rotatable bonds is 12. The number of fused-ring (bicyclic) bond motifs is 2. The highest BCUT2D eigenvalue weighted by atomic mass is 127. The fraction of sp³-hybridized carbons (Fsp3) is 0.515. The molecule has 2 amide bonds. The summed E-state index contributed by atoms with van der Waals surface area (Å²) >= 11 is 2.05. The highest BCUT2D eigenvalue weighted by molar-refractivity contribution is 14.1. The minimum absolute atomic E-state index is 0.0207. The number of aliphatic hydroxyl groups is 3. The number of halogens is 2. The van der Waals surface area contributed by atoms with Crippen molar-refractivity contribution in [2.45, 2.75) is 69.9 Å². The van der Waals surface area contributed by atoms with Crippen LogP contribution in [-0.2, 0) is 22.7 Å². The quantitative estimate of drug-likeness (QED) is 0.246. The van der Waals surface area contributed by atoms with E-state index in [-0.39, 0.29) is 50.1 Å². The molecule has 6 atom stereocenters. The lowest BCUT2D eigenvalue weighted by Gasteiger charge is -2.41. The van der Waals surface area contributed by atoms with Gasteiger partial charge in [-0.25, -0.2) is 4.39 Å². The number of nitrogens with zero attached hydrogens (tertiary/aromatic N) is 1. The van der Waals surface area contributed by atoms with Gasteiger partial charge in [-0.2, -0.15) is 0 Å². The SMILES string of the molecule is COc1cc(CO)cc(I)c1OC1C=C(C(=O)NCCO)CC(N(Cc2ccccc2F)C(=O)CC2CC3CCC2C3)C1O. The molecule has 4 N–H and O–H groups in total. The molecule has 238 valence electrons. The molecule has 3 aliphatic rings. The Morgan fingerprint density at radius 3 is 2.61 bits per heavy atom. The Morgan fingerprint density at radius 1 is 1.16 bits per heavy atom. The molecule has 6 unspecified atom stereocenters. The Kier molecular flexibility index (Phi) is 10.8. The molecule has 3 aliphatic carbocycles. The summed E-state index contributed by atoms with van der Waals surface area (Å²) in [6, 6.07) is 8.72. The number of methoxy groups -OCH3 is 1.